The van der Waals surface area contributed by atoms with Crippen LogP contribution in [0.4, 0.5) is 9.80 Å². The number of anilines is 1. The first-order chi connectivity index (χ1) is 12.0. The topological polar surface area (TPSA) is 84.5 Å². The molecule has 0 spiro atoms. The van der Waals surface area contributed by atoms with Gasteiger partial charge in [0.2, 0.25) is 5.91 Å². The largest absolute Gasteiger partial charge is 0.453 e. The molecule has 0 saturated heterocycles. The number of nitrogens with one attached hydrogen (secondary N) is 2. The first kappa shape index (κ1) is 19.0. The number of ether oxygens (including phenoxy) is 1. The van der Waals surface area contributed by atoms with Crippen molar-refractivity contribution in [2.24, 2.45) is 0 Å². The van der Waals surface area contributed by atoms with E-state index in [1.54, 1.807) is 17.1 Å². The van der Waals surface area contributed by atoms with Gasteiger partial charge in [0.15, 0.2) is 0 Å². The van der Waals surface area contributed by atoms with E-state index in [0.717, 1.165) is 16.2 Å². The van der Waals surface area contributed by atoms with Crippen molar-refractivity contribution in [3.8, 4) is 0 Å². The highest BCUT2D eigenvalue weighted by Crippen LogP contribution is 2.24. The van der Waals surface area contributed by atoms with Crippen molar-refractivity contribution in [1.82, 2.24) is 5.32 Å². The number of thioether (sulfide) groups is 1. The molecule has 0 atom stereocenters. The van der Waals surface area contributed by atoms with E-state index in [9.17, 15) is 14.4 Å². The average Bonchev–Trinajstić information content (AvgIpc) is 3.04. The van der Waals surface area contributed by atoms with E-state index in [0.29, 0.717) is 5.00 Å². The molecular weight excluding hydrogens is 360 g/mol. The molecule has 0 aliphatic heterocycles. The third kappa shape index (κ3) is 5.61. The molecule has 0 bridgehead atoms. The minimum absolute atomic E-state index is 0.201. The maximum atomic E-state index is 12.2. The molecule has 0 fully saturated rings. The second-order valence-corrected chi connectivity index (χ2v) is 7.16. The molecule has 2 aromatic rings. The molecule has 3 amide bonds. The van der Waals surface area contributed by atoms with E-state index in [-0.39, 0.29) is 17.9 Å². The average molecular weight is 378 g/mol. The van der Waals surface area contributed by atoms with Crippen LogP contribution in [-0.2, 0) is 16.0 Å². The van der Waals surface area contributed by atoms with Crippen LogP contribution in [0.15, 0.2) is 40.6 Å². The number of benzene rings is 1. The minimum atomic E-state index is -0.849. The highest BCUT2D eigenvalue weighted by Gasteiger charge is 2.17. The number of thiophene rings is 1. The quantitative estimate of drug-likeness (QED) is 0.751. The lowest BCUT2D eigenvalue weighted by Crippen LogP contribution is -2.30. The number of hydrogen-bond donors (Lipinski definition) is 2. The van der Waals surface area contributed by atoms with Gasteiger partial charge in [-0.1, -0.05) is 19.1 Å². The zero-order valence-electron chi connectivity index (χ0n) is 13.8. The van der Waals surface area contributed by atoms with E-state index in [1.807, 2.05) is 24.3 Å². The van der Waals surface area contributed by atoms with Crippen molar-refractivity contribution >= 4 is 46.0 Å². The van der Waals surface area contributed by atoms with Crippen molar-refractivity contribution in [2.45, 2.75) is 18.2 Å². The SMILES string of the molecule is CCSc1ccc(CC(=O)Nc2sccc2C(=O)NC(=O)OC)cc1. The molecule has 0 saturated carbocycles. The van der Waals surface area contributed by atoms with Crippen molar-refractivity contribution in [3.05, 3.63) is 46.8 Å². The number of alkyl carbamates (subject to hydrolysis) is 1. The summed E-state index contributed by atoms with van der Waals surface area (Å²) < 4.78 is 4.39. The Morgan fingerprint density at radius 1 is 1.16 bits per heavy atom. The fraction of sp³-hybridized carbons (Fsp3) is 0.235. The summed E-state index contributed by atoms with van der Waals surface area (Å²) in [4.78, 5) is 36.5. The molecule has 0 aliphatic rings. The Morgan fingerprint density at radius 3 is 2.52 bits per heavy atom. The number of methoxy groups -OCH3 is 1. The zero-order valence-corrected chi connectivity index (χ0v) is 15.5. The fourth-order valence-electron chi connectivity index (χ4n) is 2.02. The van der Waals surface area contributed by atoms with Gasteiger partial charge in [0.05, 0.1) is 19.1 Å². The summed E-state index contributed by atoms with van der Waals surface area (Å²) in [5.41, 5.74) is 1.11. The van der Waals surface area contributed by atoms with Crippen LogP contribution in [0.3, 0.4) is 0 Å². The summed E-state index contributed by atoms with van der Waals surface area (Å²) in [7, 11) is 1.17. The number of imide groups is 1. The Balaban J connectivity index is 1.98. The molecular formula is C17H18N2O4S2. The highest BCUT2D eigenvalue weighted by atomic mass is 32.2. The van der Waals surface area contributed by atoms with Crippen LogP contribution in [0.25, 0.3) is 0 Å². The molecule has 0 unspecified atom stereocenters. The maximum absolute atomic E-state index is 12.2. The van der Waals surface area contributed by atoms with Gasteiger partial charge in [-0.25, -0.2) is 4.79 Å². The summed E-state index contributed by atoms with van der Waals surface area (Å²) >= 11 is 2.95. The Kier molecular flexibility index (Phi) is 7.03. The molecule has 0 aliphatic carbocycles. The summed E-state index contributed by atoms with van der Waals surface area (Å²) in [6, 6.07) is 9.33. The number of hydrogen-bond acceptors (Lipinski definition) is 6. The third-order valence-corrected chi connectivity index (χ3v) is 4.89. The van der Waals surface area contributed by atoms with Gasteiger partial charge in [0.25, 0.3) is 5.91 Å². The maximum Gasteiger partial charge on any atom is 0.413 e. The molecule has 0 radical (unpaired) electrons. The van der Waals surface area contributed by atoms with Crippen LogP contribution in [-0.4, -0.2) is 30.8 Å². The van der Waals surface area contributed by atoms with Crippen LogP contribution < -0.4 is 10.6 Å². The minimum Gasteiger partial charge on any atom is -0.453 e. The predicted octanol–water partition coefficient (Wildman–Crippen LogP) is 3.54. The van der Waals surface area contributed by atoms with Gasteiger partial charge in [0.1, 0.15) is 5.00 Å². The predicted molar refractivity (Wildman–Crippen MR) is 99.4 cm³/mol. The third-order valence-electron chi connectivity index (χ3n) is 3.16. The lowest BCUT2D eigenvalue weighted by Gasteiger charge is -2.07. The van der Waals surface area contributed by atoms with Gasteiger partial charge < -0.3 is 10.1 Å². The second-order valence-electron chi connectivity index (χ2n) is 4.91. The highest BCUT2D eigenvalue weighted by molar-refractivity contribution is 7.99. The Bertz CT molecular complexity index is 756. The standard InChI is InChI=1S/C17H18N2O4S2/c1-3-24-12-6-4-11(5-7-12)10-14(20)18-16-13(8-9-25-16)15(21)19-17(22)23-2/h4-9H,3,10H2,1-2H3,(H,18,20)(H,19,21,22). The molecule has 8 heteroatoms. The summed E-state index contributed by atoms with van der Waals surface area (Å²) in [6.45, 7) is 2.08. The molecule has 2 N–H and O–H groups in total. The molecule has 132 valence electrons. The van der Waals surface area contributed by atoms with Gasteiger partial charge >= 0.3 is 6.09 Å². The lowest BCUT2D eigenvalue weighted by molar-refractivity contribution is -0.115. The molecule has 1 aromatic carbocycles. The van der Waals surface area contributed by atoms with Gasteiger partial charge in [-0.3, -0.25) is 14.9 Å². The summed E-state index contributed by atoms with van der Waals surface area (Å²) in [6.07, 6.45) is -0.647. The van der Waals surface area contributed by atoms with E-state index >= 15 is 0 Å². The van der Waals surface area contributed by atoms with Crippen LogP contribution in [0.1, 0.15) is 22.8 Å². The van der Waals surface area contributed by atoms with Gasteiger partial charge in [0, 0.05) is 4.90 Å². The van der Waals surface area contributed by atoms with Gasteiger partial charge in [-0.05, 0) is 34.9 Å². The molecule has 2 rings (SSSR count). The van der Waals surface area contributed by atoms with Crippen molar-refractivity contribution in [1.29, 1.82) is 0 Å². The monoisotopic (exact) mass is 378 g/mol. The van der Waals surface area contributed by atoms with E-state index in [1.165, 1.54) is 24.5 Å². The number of carbonyl (C=O) groups is 3. The normalized spacial score (nSPS) is 10.2. The number of amides is 3. The number of carbonyl (C=O) groups excluding carboxylic acids is 3. The number of rotatable bonds is 6. The van der Waals surface area contributed by atoms with Crippen LogP contribution >= 0.6 is 23.1 Å². The Labute approximate surface area is 154 Å². The summed E-state index contributed by atoms with van der Waals surface area (Å²) in [5, 5.41) is 6.84. The van der Waals surface area contributed by atoms with Crippen LogP contribution in [0.2, 0.25) is 0 Å². The van der Waals surface area contributed by atoms with Crippen molar-refractivity contribution in [2.75, 3.05) is 18.2 Å². The van der Waals surface area contributed by atoms with Gasteiger partial charge in [-0.15, -0.1) is 23.1 Å². The zero-order chi connectivity index (χ0) is 18.2. The van der Waals surface area contributed by atoms with Gasteiger partial charge in [-0.2, -0.15) is 0 Å². The summed E-state index contributed by atoms with van der Waals surface area (Å²) in [5.74, 6) is 0.143. The first-order valence-corrected chi connectivity index (χ1v) is 9.38. The Morgan fingerprint density at radius 2 is 1.88 bits per heavy atom. The molecule has 25 heavy (non-hydrogen) atoms. The smallest absolute Gasteiger partial charge is 0.413 e. The van der Waals surface area contributed by atoms with Crippen molar-refractivity contribution in [3.63, 3.8) is 0 Å². The van der Waals surface area contributed by atoms with E-state index < -0.39 is 12.0 Å². The molecule has 6 nitrogen and oxygen atoms in total. The molecule has 1 aromatic heterocycles. The van der Waals surface area contributed by atoms with Crippen LogP contribution in [0, 0.1) is 0 Å². The van der Waals surface area contributed by atoms with E-state index in [4.69, 9.17) is 0 Å². The molecule has 1 heterocycles. The lowest BCUT2D eigenvalue weighted by atomic mass is 10.1. The Hall–Kier alpha value is -2.32. The fourth-order valence-corrected chi connectivity index (χ4v) is 3.48. The first-order valence-electron chi connectivity index (χ1n) is 7.51. The van der Waals surface area contributed by atoms with Crippen LogP contribution in [0.5, 0.6) is 0 Å². The van der Waals surface area contributed by atoms with E-state index in [2.05, 4.69) is 22.3 Å². The van der Waals surface area contributed by atoms with Crippen molar-refractivity contribution < 1.29 is 19.1 Å². The second kappa shape index (κ2) is 9.24.